The Labute approximate surface area is 146 Å². The van der Waals surface area contributed by atoms with Gasteiger partial charge in [-0.05, 0) is 56.7 Å². The number of nitrogens with one attached hydrogen (secondary N) is 1. The van der Waals surface area contributed by atoms with Crippen LogP contribution in [0.2, 0.25) is 0 Å². The van der Waals surface area contributed by atoms with Crippen molar-refractivity contribution in [3.63, 3.8) is 0 Å². The summed E-state index contributed by atoms with van der Waals surface area (Å²) in [6.45, 7) is 3.99. The van der Waals surface area contributed by atoms with Crippen LogP contribution in [0, 0.1) is 13.8 Å². The Hall–Kier alpha value is -1.59. The van der Waals surface area contributed by atoms with Gasteiger partial charge in [-0.1, -0.05) is 12.1 Å². The third kappa shape index (κ3) is 4.45. The van der Waals surface area contributed by atoms with Crippen LogP contribution in [0.3, 0.4) is 0 Å². The van der Waals surface area contributed by atoms with E-state index in [4.69, 9.17) is 4.74 Å². The van der Waals surface area contributed by atoms with Gasteiger partial charge >= 0.3 is 0 Å². The van der Waals surface area contributed by atoms with Gasteiger partial charge in [-0.3, -0.25) is 10.1 Å². The number of carbonyl (C=O) groups is 1. The number of hydrogen-bond donors (Lipinski definition) is 1. The normalized spacial score (nSPS) is 13.0. The van der Waals surface area contributed by atoms with Gasteiger partial charge in [0.05, 0.1) is 5.69 Å². The summed E-state index contributed by atoms with van der Waals surface area (Å²) in [5.74, 6) is 0.598. The molecule has 1 amide bonds. The highest BCUT2D eigenvalue weighted by Crippen LogP contribution is 2.29. The van der Waals surface area contributed by atoms with Crippen molar-refractivity contribution in [3.8, 4) is 5.75 Å². The summed E-state index contributed by atoms with van der Waals surface area (Å²) in [7, 11) is 0. The van der Waals surface area contributed by atoms with Crippen molar-refractivity contribution >= 4 is 34.8 Å². The Morgan fingerprint density at radius 1 is 1.30 bits per heavy atom. The summed E-state index contributed by atoms with van der Waals surface area (Å²) in [5.41, 5.74) is 3.30. The number of ether oxygens (including phenoxy) is 1. The topological polar surface area (TPSA) is 51.2 Å². The lowest BCUT2D eigenvalue weighted by molar-refractivity contribution is -0.118. The van der Waals surface area contributed by atoms with Crippen LogP contribution in [0.25, 0.3) is 0 Å². The fourth-order valence-corrected chi connectivity index (χ4v) is 3.63. The van der Waals surface area contributed by atoms with E-state index in [-0.39, 0.29) is 24.9 Å². The van der Waals surface area contributed by atoms with Crippen molar-refractivity contribution in [2.45, 2.75) is 39.5 Å². The fourth-order valence-electron chi connectivity index (χ4n) is 2.57. The first-order valence-corrected chi connectivity index (χ1v) is 8.42. The maximum Gasteiger partial charge on any atom is 0.264 e. The second kappa shape index (κ2) is 7.79. The monoisotopic (exact) mass is 352 g/mol. The largest absolute Gasteiger partial charge is 0.483 e. The maximum absolute atomic E-state index is 12.0. The molecule has 124 valence electrons. The van der Waals surface area contributed by atoms with E-state index >= 15 is 0 Å². The van der Waals surface area contributed by atoms with Crippen LogP contribution in [0.4, 0.5) is 5.13 Å². The average molecular weight is 353 g/mol. The van der Waals surface area contributed by atoms with Gasteiger partial charge in [-0.2, -0.15) is 0 Å². The molecule has 23 heavy (non-hydrogen) atoms. The summed E-state index contributed by atoms with van der Waals surface area (Å²) in [6.07, 6.45) is 4.53. The number of amides is 1. The number of nitrogens with zero attached hydrogens (tertiary/aromatic N) is 1. The Morgan fingerprint density at radius 3 is 2.87 bits per heavy atom. The van der Waals surface area contributed by atoms with Gasteiger partial charge in [0.2, 0.25) is 0 Å². The quantitative estimate of drug-likeness (QED) is 0.902. The number of halogens is 1. The van der Waals surface area contributed by atoms with E-state index in [1.807, 2.05) is 32.0 Å². The van der Waals surface area contributed by atoms with Gasteiger partial charge < -0.3 is 4.74 Å². The Bertz CT molecular complexity index is 676. The number of carbonyl (C=O) groups excluding carboxylic acids is 1. The predicted molar refractivity (Wildman–Crippen MR) is 96.0 cm³/mol. The highest BCUT2D eigenvalue weighted by atomic mass is 35.5. The van der Waals surface area contributed by atoms with Crippen molar-refractivity contribution in [1.82, 2.24) is 4.98 Å². The lowest BCUT2D eigenvalue weighted by atomic mass is 10.0. The molecule has 1 aromatic heterocycles. The van der Waals surface area contributed by atoms with Crippen LogP contribution in [-0.2, 0) is 17.6 Å². The van der Waals surface area contributed by atoms with Crippen LogP contribution in [0.1, 0.15) is 34.5 Å². The minimum absolute atomic E-state index is 0. The fraction of sp³-hybridized carbons (Fsp3) is 0.412. The number of thiazole rings is 1. The lowest BCUT2D eigenvalue weighted by Gasteiger charge is -2.09. The first kappa shape index (κ1) is 17.8. The molecule has 1 aliphatic carbocycles. The number of aromatic nitrogens is 1. The average Bonchev–Trinajstić information content (AvgIpc) is 2.90. The zero-order chi connectivity index (χ0) is 15.5. The van der Waals surface area contributed by atoms with Gasteiger partial charge in [-0.25, -0.2) is 4.98 Å². The smallest absolute Gasteiger partial charge is 0.264 e. The summed E-state index contributed by atoms with van der Waals surface area (Å²) in [5, 5.41) is 3.54. The standard InChI is InChI=1S/C17H20N2O2S.ClH/c1-11-7-8-12(2)14(9-11)21-10-16(20)19-17-18-13-5-3-4-6-15(13)22-17;/h7-9H,3-6,10H2,1-2H3,(H,18,19,20);1H. The van der Waals surface area contributed by atoms with Crippen LogP contribution < -0.4 is 10.1 Å². The molecule has 6 heteroatoms. The number of rotatable bonds is 4. The zero-order valence-electron chi connectivity index (χ0n) is 13.3. The van der Waals surface area contributed by atoms with Gasteiger partial charge in [0.15, 0.2) is 11.7 Å². The molecule has 0 bridgehead atoms. The van der Waals surface area contributed by atoms with E-state index in [9.17, 15) is 4.79 Å². The number of benzene rings is 1. The van der Waals surface area contributed by atoms with Crippen molar-refractivity contribution in [3.05, 3.63) is 39.9 Å². The van der Waals surface area contributed by atoms with Gasteiger partial charge in [0, 0.05) is 4.88 Å². The lowest BCUT2D eigenvalue weighted by Crippen LogP contribution is -2.20. The van der Waals surface area contributed by atoms with Crippen molar-refractivity contribution in [2.75, 3.05) is 11.9 Å². The molecule has 1 N–H and O–H groups in total. The van der Waals surface area contributed by atoms with Gasteiger partial charge in [0.25, 0.3) is 5.91 Å². The van der Waals surface area contributed by atoms with E-state index in [0.717, 1.165) is 35.4 Å². The summed E-state index contributed by atoms with van der Waals surface area (Å²) in [6, 6.07) is 5.98. The molecule has 0 fully saturated rings. The molecule has 0 radical (unpaired) electrons. The highest BCUT2D eigenvalue weighted by molar-refractivity contribution is 7.15. The molecule has 0 aliphatic heterocycles. The molecule has 0 unspecified atom stereocenters. The Morgan fingerprint density at radius 2 is 2.09 bits per heavy atom. The van der Waals surface area contributed by atoms with Crippen LogP contribution in [0.15, 0.2) is 18.2 Å². The summed E-state index contributed by atoms with van der Waals surface area (Å²) < 4.78 is 5.62. The third-order valence-electron chi connectivity index (χ3n) is 3.79. The van der Waals surface area contributed by atoms with Crippen LogP contribution in [0.5, 0.6) is 5.75 Å². The number of aryl methyl sites for hydroxylation is 4. The van der Waals surface area contributed by atoms with E-state index in [0.29, 0.717) is 5.13 Å². The maximum atomic E-state index is 12.0. The molecule has 1 aliphatic rings. The molecule has 0 saturated heterocycles. The van der Waals surface area contributed by atoms with Crippen molar-refractivity contribution in [2.24, 2.45) is 0 Å². The number of hydrogen-bond acceptors (Lipinski definition) is 4. The molecule has 1 aromatic carbocycles. The van der Waals surface area contributed by atoms with Crippen molar-refractivity contribution in [1.29, 1.82) is 0 Å². The summed E-state index contributed by atoms with van der Waals surface area (Å²) >= 11 is 1.59. The summed E-state index contributed by atoms with van der Waals surface area (Å²) in [4.78, 5) is 17.9. The van der Waals surface area contributed by atoms with Crippen LogP contribution >= 0.6 is 23.7 Å². The van der Waals surface area contributed by atoms with E-state index < -0.39 is 0 Å². The zero-order valence-corrected chi connectivity index (χ0v) is 15.0. The van der Waals surface area contributed by atoms with E-state index in [2.05, 4.69) is 10.3 Å². The molecule has 0 spiro atoms. The van der Waals surface area contributed by atoms with Gasteiger partial charge in [-0.15, -0.1) is 23.7 Å². The van der Waals surface area contributed by atoms with E-state index in [1.165, 1.54) is 17.7 Å². The van der Waals surface area contributed by atoms with Crippen LogP contribution in [-0.4, -0.2) is 17.5 Å². The molecule has 3 rings (SSSR count). The predicted octanol–water partition coefficient (Wildman–Crippen LogP) is 4.08. The second-order valence-electron chi connectivity index (χ2n) is 5.70. The minimum Gasteiger partial charge on any atom is -0.483 e. The second-order valence-corrected chi connectivity index (χ2v) is 6.79. The molecule has 1 heterocycles. The highest BCUT2D eigenvalue weighted by Gasteiger charge is 2.16. The first-order valence-electron chi connectivity index (χ1n) is 7.60. The molecular formula is C17H21ClN2O2S. The number of anilines is 1. The Balaban J connectivity index is 0.00000192. The molecule has 4 nitrogen and oxygen atoms in total. The SMILES string of the molecule is Cc1ccc(C)c(OCC(=O)Nc2nc3c(s2)CCCC3)c1.Cl. The number of fused-ring (bicyclic) bond motifs is 1. The van der Waals surface area contributed by atoms with Crippen molar-refractivity contribution < 1.29 is 9.53 Å². The van der Waals surface area contributed by atoms with E-state index in [1.54, 1.807) is 11.3 Å². The van der Waals surface area contributed by atoms with Gasteiger partial charge in [0.1, 0.15) is 5.75 Å². The molecule has 0 saturated carbocycles. The first-order chi connectivity index (χ1) is 10.6. The minimum atomic E-state index is -0.160. The molecule has 2 aromatic rings. The molecular weight excluding hydrogens is 332 g/mol. The Kier molecular flexibility index (Phi) is 6.02. The molecule has 0 atom stereocenters. The third-order valence-corrected chi connectivity index (χ3v) is 4.87.